The Balaban J connectivity index is 1.10. The molecule has 4 heteroatoms. The molecule has 10 aromatic rings. The van der Waals surface area contributed by atoms with E-state index in [9.17, 15) is 0 Å². The number of nitrogens with zero attached hydrogens (tertiary/aromatic N) is 1. The summed E-state index contributed by atoms with van der Waals surface area (Å²) in [6.45, 7) is 9.67. The summed E-state index contributed by atoms with van der Waals surface area (Å²) in [6.07, 6.45) is 2.37. The number of anilines is 5. The van der Waals surface area contributed by atoms with Gasteiger partial charge in [-0.15, -0.1) is 11.3 Å². The summed E-state index contributed by atoms with van der Waals surface area (Å²) in [6, 6.07) is 70.8. The molecule has 1 aliphatic carbocycles. The van der Waals surface area contributed by atoms with E-state index < -0.39 is 5.41 Å². The summed E-state index contributed by atoms with van der Waals surface area (Å²) in [5.74, 6) is 0. The van der Waals surface area contributed by atoms with Crippen molar-refractivity contribution in [2.75, 3.05) is 10.2 Å². The Kier molecular flexibility index (Phi) is 8.34. The van der Waals surface area contributed by atoms with Crippen LogP contribution in [-0.2, 0) is 16.2 Å². The lowest BCUT2D eigenvalue weighted by Gasteiger charge is -2.49. The van der Waals surface area contributed by atoms with Crippen molar-refractivity contribution in [3.05, 3.63) is 221 Å². The van der Waals surface area contributed by atoms with Gasteiger partial charge in [0, 0.05) is 48.2 Å². The molecule has 0 saturated carbocycles. The largest absolute Gasteiger partial charge is 0.354 e. The van der Waals surface area contributed by atoms with Crippen LogP contribution >= 0.6 is 11.3 Å². The van der Waals surface area contributed by atoms with Gasteiger partial charge in [-0.3, -0.25) is 0 Å². The highest BCUT2D eigenvalue weighted by Gasteiger charge is 2.49. The quantitative estimate of drug-likeness (QED) is 0.174. The maximum Gasteiger partial charge on any atom is 0.197 e. The van der Waals surface area contributed by atoms with E-state index in [0.717, 1.165) is 11.4 Å². The van der Waals surface area contributed by atoms with Gasteiger partial charge < -0.3 is 10.2 Å². The molecule has 13 rings (SSSR count). The van der Waals surface area contributed by atoms with Gasteiger partial charge in [0.2, 0.25) is 0 Å². The lowest BCUT2D eigenvalue weighted by Crippen LogP contribution is -2.47. The minimum absolute atomic E-state index is 0.0917. The molecule has 65 heavy (non-hydrogen) atoms. The standard InChI is InChI=1S/C61H48BN2S/c1-59(2)34-35-60(3,4)49-37-41(30-32-46(49)59)63-56-43(31-33-53-54(56)44-24-13-16-29-52(44)65-53)45-36-38-18-11-12-23-42(38)57-55(45)62-50-27-17-26-48-58(50)64(57)51-28-15-14-25-47(51)61(48,39-19-7-5-8-20-39)40-21-9-6-10-22-40/h5-33,36-37,63H,34-35H2,1-4H3. The van der Waals surface area contributed by atoms with Crippen LogP contribution in [0.25, 0.3) is 42.1 Å². The summed E-state index contributed by atoms with van der Waals surface area (Å²) < 4.78 is 2.59. The number of thiophene rings is 1. The Bertz CT molecular complexity index is 3530. The maximum absolute atomic E-state index is 4.17. The van der Waals surface area contributed by atoms with Crippen LogP contribution in [0.15, 0.2) is 188 Å². The van der Waals surface area contributed by atoms with Crippen molar-refractivity contribution in [3.63, 3.8) is 0 Å². The van der Waals surface area contributed by atoms with Gasteiger partial charge in [0.05, 0.1) is 16.8 Å². The fourth-order valence-electron chi connectivity index (χ4n) is 12.0. The fraction of sp³-hybridized carbons (Fsp3) is 0.148. The molecular weight excluding hydrogens is 804 g/mol. The Morgan fingerprint density at radius 1 is 0.508 bits per heavy atom. The summed E-state index contributed by atoms with van der Waals surface area (Å²) in [5, 5.41) is 9.19. The highest BCUT2D eigenvalue weighted by Crippen LogP contribution is 2.59. The van der Waals surface area contributed by atoms with Crippen LogP contribution in [0.5, 0.6) is 0 Å². The second kappa shape index (κ2) is 14.1. The van der Waals surface area contributed by atoms with E-state index in [1.165, 1.54) is 116 Å². The van der Waals surface area contributed by atoms with Crippen LogP contribution in [0, 0.1) is 0 Å². The Morgan fingerprint density at radius 2 is 1.17 bits per heavy atom. The van der Waals surface area contributed by atoms with Crippen LogP contribution in [0.4, 0.5) is 28.4 Å². The van der Waals surface area contributed by atoms with E-state index in [0.29, 0.717) is 0 Å². The van der Waals surface area contributed by atoms with Crippen molar-refractivity contribution in [1.82, 2.24) is 0 Å². The molecule has 0 atom stereocenters. The second-order valence-electron chi connectivity index (χ2n) is 19.7. The lowest BCUT2D eigenvalue weighted by atomic mass is 9.54. The molecule has 3 heterocycles. The van der Waals surface area contributed by atoms with E-state index in [2.05, 4.69) is 233 Å². The topological polar surface area (TPSA) is 15.3 Å². The maximum atomic E-state index is 4.17. The summed E-state index contributed by atoms with van der Waals surface area (Å²) in [7, 11) is 2.49. The van der Waals surface area contributed by atoms with Crippen LogP contribution in [0.3, 0.4) is 0 Å². The summed E-state index contributed by atoms with van der Waals surface area (Å²) in [5.41, 5.74) is 18.5. The lowest BCUT2D eigenvalue weighted by molar-refractivity contribution is 0.332. The molecule has 311 valence electrons. The number of rotatable bonds is 5. The number of benzene rings is 9. The van der Waals surface area contributed by atoms with E-state index in [-0.39, 0.29) is 10.8 Å². The molecule has 0 bridgehead atoms. The number of hydrogen-bond donors (Lipinski definition) is 1. The van der Waals surface area contributed by atoms with E-state index in [1.807, 2.05) is 11.3 Å². The molecular formula is C61H48BN2S. The van der Waals surface area contributed by atoms with Crippen molar-refractivity contribution >= 4 is 88.9 Å². The second-order valence-corrected chi connectivity index (χ2v) is 20.8. The normalized spacial score (nSPS) is 16.0. The van der Waals surface area contributed by atoms with Crippen LogP contribution in [0.1, 0.15) is 73.9 Å². The van der Waals surface area contributed by atoms with E-state index in [4.69, 9.17) is 0 Å². The Labute approximate surface area is 386 Å². The molecule has 3 aliphatic rings. The molecule has 0 fully saturated rings. The van der Waals surface area contributed by atoms with Gasteiger partial charge in [-0.2, -0.15) is 0 Å². The minimum Gasteiger partial charge on any atom is -0.354 e. The zero-order chi connectivity index (χ0) is 43.7. The van der Waals surface area contributed by atoms with Crippen LogP contribution in [-0.4, -0.2) is 7.28 Å². The molecule has 0 saturated heterocycles. The first-order chi connectivity index (χ1) is 31.7. The third-order valence-electron chi connectivity index (χ3n) is 15.2. The third kappa shape index (κ3) is 5.53. The average molecular weight is 852 g/mol. The molecule has 0 unspecified atom stereocenters. The van der Waals surface area contributed by atoms with Crippen molar-refractivity contribution in [2.24, 2.45) is 0 Å². The van der Waals surface area contributed by atoms with Gasteiger partial charge in [0.15, 0.2) is 7.28 Å². The predicted molar refractivity (Wildman–Crippen MR) is 279 cm³/mol. The Hall–Kier alpha value is -6.88. The summed E-state index contributed by atoms with van der Waals surface area (Å²) in [4.78, 5) is 2.62. The Morgan fingerprint density at radius 3 is 1.95 bits per heavy atom. The molecule has 1 radical (unpaired) electrons. The number of para-hydroxylation sites is 2. The minimum atomic E-state index is -0.541. The van der Waals surface area contributed by atoms with E-state index >= 15 is 0 Å². The highest BCUT2D eigenvalue weighted by atomic mass is 32.1. The van der Waals surface area contributed by atoms with Crippen molar-refractivity contribution in [3.8, 4) is 11.1 Å². The average Bonchev–Trinajstić information content (AvgIpc) is 3.73. The van der Waals surface area contributed by atoms with Gasteiger partial charge in [0.1, 0.15) is 0 Å². The van der Waals surface area contributed by atoms with Crippen molar-refractivity contribution in [1.29, 1.82) is 0 Å². The first kappa shape index (κ1) is 38.6. The molecule has 0 spiro atoms. The van der Waals surface area contributed by atoms with Crippen LogP contribution in [0.2, 0.25) is 0 Å². The molecule has 2 aliphatic heterocycles. The van der Waals surface area contributed by atoms with Crippen molar-refractivity contribution in [2.45, 2.75) is 56.8 Å². The number of nitrogens with one attached hydrogen (secondary N) is 1. The van der Waals surface area contributed by atoms with Gasteiger partial charge in [0.25, 0.3) is 0 Å². The third-order valence-corrected chi connectivity index (χ3v) is 16.3. The molecule has 1 aromatic heterocycles. The SMILES string of the molecule is CC1(C)CCC(C)(C)c2cc(Nc3c(-c4cc5ccccc5c5c4[B]c4cccc6c4N5c4ccccc4C6(c4ccccc4)c4ccccc4)ccc4sc5ccccc5c34)ccc21. The molecule has 2 nitrogen and oxygen atoms in total. The number of hydrogen-bond acceptors (Lipinski definition) is 3. The molecule has 0 amide bonds. The first-order valence-electron chi connectivity index (χ1n) is 23.1. The molecule has 9 aromatic carbocycles. The monoisotopic (exact) mass is 851 g/mol. The van der Waals surface area contributed by atoms with E-state index in [1.54, 1.807) is 0 Å². The van der Waals surface area contributed by atoms with Gasteiger partial charge >= 0.3 is 0 Å². The molecule has 1 N–H and O–H groups in total. The predicted octanol–water partition coefficient (Wildman–Crippen LogP) is 15.1. The highest BCUT2D eigenvalue weighted by molar-refractivity contribution is 7.26. The van der Waals surface area contributed by atoms with Crippen LogP contribution < -0.4 is 21.1 Å². The number of fused-ring (bicyclic) bond motifs is 10. The fourth-order valence-corrected chi connectivity index (χ4v) is 13.1. The first-order valence-corrected chi connectivity index (χ1v) is 24.0. The van der Waals surface area contributed by atoms with Crippen molar-refractivity contribution < 1.29 is 0 Å². The smallest absolute Gasteiger partial charge is 0.197 e. The van der Waals surface area contributed by atoms with Gasteiger partial charge in [-0.05, 0) is 110 Å². The summed E-state index contributed by atoms with van der Waals surface area (Å²) >= 11 is 1.88. The van der Waals surface area contributed by atoms with Gasteiger partial charge in [-0.1, -0.05) is 185 Å². The van der Waals surface area contributed by atoms with Gasteiger partial charge in [-0.25, -0.2) is 0 Å². The zero-order valence-electron chi connectivity index (χ0n) is 37.2. The zero-order valence-corrected chi connectivity index (χ0v) is 38.1.